The molecule has 12 heavy (non-hydrogen) atoms. The quantitative estimate of drug-likeness (QED) is 0.593. The molecule has 3 nitrogen and oxygen atoms in total. The number of rotatable bonds is 1. The van der Waals surface area contributed by atoms with Gasteiger partial charge in [-0.25, -0.2) is 4.67 Å². The molecule has 1 fully saturated rings. The van der Waals surface area contributed by atoms with E-state index in [0.29, 0.717) is 0 Å². The van der Waals surface area contributed by atoms with Crippen molar-refractivity contribution in [2.45, 2.75) is 26.9 Å². The third kappa shape index (κ3) is 2.40. The molecule has 0 bridgehead atoms. The molecule has 0 aliphatic carbocycles. The SMILES string of the molecule is CN(C)[P@@]1OC[C@@H](C(C)(C)C)O1. The van der Waals surface area contributed by atoms with Gasteiger partial charge in [0.05, 0.1) is 12.7 Å². The summed E-state index contributed by atoms with van der Waals surface area (Å²) in [7, 11) is 3.19. The largest absolute Gasteiger partial charge is 0.319 e. The highest BCUT2D eigenvalue weighted by atomic mass is 31.2. The van der Waals surface area contributed by atoms with Crippen molar-refractivity contribution in [2.75, 3.05) is 20.7 Å². The third-order valence-corrected chi connectivity index (χ3v) is 3.30. The van der Waals surface area contributed by atoms with Crippen LogP contribution in [0.3, 0.4) is 0 Å². The van der Waals surface area contributed by atoms with Crippen LogP contribution in [0, 0.1) is 5.41 Å². The molecule has 0 spiro atoms. The summed E-state index contributed by atoms with van der Waals surface area (Å²) in [5.41, 5.74) is 0.188. The van der Waals surface area contributed by atoms with Crippen LogP contribution in [-0.2, 0) is 9.05 Å². The van der Waals surface area contributed by atoms with Crippen LogP contribution >= 0.6 is 8.53 Å². The lowest BCUT2D eigenvalue weighted by molar-refractivity contribution is 0.109. The maximum Gasteiger partial charge on any atom is 0.258 e. The molecule has 1 aliphatic heterocycles. The Morgan fingerprint density at radius 3 is 2.17 bits per heavy atom. The minimum Gasteiger partial charge on any atom is -0.319 e. The first-order valence-corrected chi connectivity index (χ1v) is 5.31. The Bertz CT molecular complexity index is 156. The van der Waals surface area contributed by atoms with Gasteiger partial charge in [0.25, 0.3) is 8.53 Å². The van der Waals surface area contributed by atoms with E-state index in [-0.39, 0.29) is 11.5 Å². The van der Waals surface area contributed by atoms with Crippen molar-refractivity contribution in [1.29, 1.82) is 0 Å². The summed E-state index contributed by atoms with van der Waals surface area (Å²) in [4.78, 5) is 0. The minimum absolute atomic E-state index is 0.188. The summed E-state index contributed by atoms with van der Waals surface area (Å²) >= 11 is 0. The van der Waals surface area contributed by atoms with Gasteiger partial charge in [0.1, 0.15) is 0 Å². The maximum atomic E-state index is 5.76. The summed E-state index contributed by atoms with van der Waals surface area (Å²) in [5.74, 6) is 0. The Hall–Kier alpha value is 0.310. The van der Waals surface area contributed by atoms with Crippen molar-refractivity contribution in [3.8, 4) is 0 Å². The van der Waals surface area contributed by atoms with Gasteiger partial charge < -0.3 is 9.05 Å². The fourth-order valence-electron chi connectivity index (χ4n) is 0.919. The van der Waals surface area contributed by atoms with Gasteiger partial charge in [-0.2, -0.15) is 0 Å². The molecule has 1 heterocycles. The van der Waals surface area contributed by atoms with E-state index in [1.807, 2.05) is 18.8 Å². The second-order valence-corrected chi connectivity index (χ2v) is 6.09. The average molecular weight is 191 g/mol. The van der Waals surface area contributed by atoms with Crippen LogP contribution < -0.4 is 0 Å². The Morgan fingerprint density at radius 2 is 1.92 bits per heavy atom. The van der Waals surface area contributed by atoms with E-state index in [2.05, 4.69) is 20.8 Å². The zero-order chi connectivity index (χ0) is 9.35. The van der Waals surface area contributed by atoms with Gasteiger partial charge >= 0.3 is 0 Å². The molecule has 2 atom stereocenters. The van der Waals surface area contributed by atoms with Crippen molar-refractivity contribution in [3.05, 3.63) is 0 Å². The van der Waals surface area contributed by atoms with E-state index in [1.54, 1.807) is 0 Å². The standard InChI is InChI=1S/C8H18NO2P/c1-8(2,3)7-6-10-12(11-7)9(4)5/h7H,6H2,1-5H3/t7-,12-/m0/s1. The van der Waals surface area contributed by atoms with Crippen LogP contribution in [0.25, 0.3) is 0 Å². The molecule has 0 radical (unpaired) electrons. The van der Waals surface area contributed by atoms with Crippen LogP contribution in [0.15, 0.2) is 0 Å². The zero-order valence-corrected chi connectivity index (χ0v) is 9.39. The molecule has 0 saturated carbocycles. The van der Waals surface area contributed by atoms with Gasteiger partial charge in [0.15, 0.2) is 0 Å². The van der Waals surface area contributed by atoms with Crippen molar-refractivity contribution in [3.63, 3.8) is 0 Å². The van der Waals surface area contributed by atoms with Gasteiger partial charge in [-0.3, -0.25) is 0 Å². The molecule has 72 valence electrons. The van der Waals surface area contributed by atoms with Gasteiger partial charge in [-0.1, -0.05) is 20.8 Å². The average Bonchev–Trinajstić information content (AvgIpc) is 2.30. The number of hydrogen-bond donors (Lipinski definition) is 0. The molecule has 1 aliphatic rings. The molecular formula is C8H18NO2P. The first kappa shape index (κ1) is 10.4. The predicted octanol–water partition coefficient (Wildman–Crippen LogP) is 2.24. The molecule has 0 unspecified atom stereocenters. The third-order valence-electron chi connectivity index (χ3n) is 1.85. The summed E-state index contributed by atoms with van der Waals surface area (Å²) in [6.07, 6.45) is 0.242. The van der Waals surface area contributed by atoms with Gasteiger partial charge in [0.2, 0.25) is 0 Å². The van der Waals surface area contributed by atoms with Gasteiger partial charge in [-0.15, -0.1) is 0 Å². The highest BCUT2D eigenvalue weighted by Crippen LogP contribution is 2.50. The Balaban J connectivity index is 2.46. The molecular weight excluding hydrogens is 173 g/mol. The van der Waals surface area contributed by atoms with Gasteiger partial charge in [-0.05, 0) is 19.5 Å². The van der Waals surface area contributed by atoms with E-state index in [9.17, 15) is 0 Å². The van der Waals surface area contributed by atoms with Crippen molar-refractivity contribution in [2.24, 2.45) is 5.41 Å². The topological polar surface area (TPSA) is 21.7 Å². The van der Waals surface area contributed by atoms with Crippen LogP contribution in [0.1, 0.15) is 20.8 Å². The molecule has 0 aromatic carbocycles. The number of nitrogens with zero attached hydrogens (tertiary/aromatic N) is 1. The van der Waals surface area contributed by atoms with E-state index in [4.69, 9.17) is 9.05 Å². The molecule has 0 aromatic rings. The van der Waals surface area contributed by atoms with E-state index >= 15 is 0 Å². The zero-order valence-electron chi connectivity index (χ0n) is 8.50. The van der Waals surface area contributed by atoms with Crippen molar-refractivity contribution < 1.29 is 9.05 Å². The molecule has 1 rings (SSSR count). The van der Waals surface area contributed by atoms with E-state index < -0.39 is 8.53 Å². The predicted molar refractivity (Wildman–Crippen MR) is 50.9 cm³/mol. The van der Waals surface area contributed by atoms with Crippen LogP contribution in [-0.4, -0.2) is 31.5 Å². The highest BCUT2D eigenvalue weighted by molar-refractivity contribution is 7.44. The summed E-state index contributed by atoms with van der Waals surface area (Å²) in [6.45, 7) is 7.26. The minimum atomic E-state index is -0.774. The van der Waals surface area contributed by atoms with E-state index in [0.717, 1.165) is 6.61 Å². The molecule has 4 heteroatoms. The smallest absolute Gasteiger partial charge is 0.258 e. The van der Waals surface area contributed by atoms with Crippen LogP contribution in [0.5, 0.6) is 0 Å². The lowest BCUT2D eigenvalue weighted by Crippen LogP contribution is -2.27. The first-order valence-electron chi connectivity index (χ1n) is 4.18. The van der Waals surface area contributed by atoms with Crippen molar-refractivity contribution >= 4 is 8.53 Å². The van der Waals surface area contributed by atoms with E-state index in [1.165, 1.54) is 0 Å². The fourth-order valence-corrected chi connectivity index (χ4v) is 2.26. The maximum absolute atomic E-state index is 5.76. The Morgan fingerprint density at radius 1 is 1.33 bits per heavy atom. The lowest BCUT2D eigenvalue weighted by Gasteiger charge is -2.25. The lowest BCUT2D eigenvalue weighted by atomic mass is 9.90. The molecule has 1 saturated heterocycles. The fraction of sp³-hybridized carbons (Fsp3) is 1.00. The Labute approximate surface area is 76.0 Å². The summed E-state index contributed by atoms with van der Waals surface area (Å²) in [6, 6.07) is 0. The highest BCUT2D eigenvalue weighted by Gasteiger charge is 2.36. The second kappa shape index (κ2) is 3.59. The van der Waals surface area contributed by atoms with Gasteiger partial charge in [0, 0.05) is 0 Å². The first-order chi connectivity index (χ1) is 5.41. The number of hydrogen-bond acceptors (Lipinski definition) is 3. The van der Waals surface area contributed by atoms with Crippen LogP contribution in [0.2, 0.25) is 0 Å². The summed E-state index contributed by atoms with van der Waals surface area (Å²) in [5, 5.41) is 0. The normalized spacial score (nSPS) is 31.5. The molecule has 0 N–H and O–H groups in total. The second-order valence-electron chi connectivity index (χ2n) is 4.34. The monoisotopic (exact) mass is 191 g/mol. The van der Waals surface area contributed by atoms with Crippen LogP contribution in [0.4, 0.5) is 0 Å². The van der Waals surface area contributed by atoms with Crippen molar-refractivity contribution in [1.82, 2.24) is 4.67 Å². The molecule has 0 aromatic heterocycles. The summed E-state index contributed by atoms with van der Waals surface area (Å²) < 4.78 is 13.3. The Kier molecular flexibility index (Phi) is 3.11. The molecule has 0 amide bonds.